The van der Waals surface area contributed by atoms with E-state index in [0.717, 1.165) is 23.1 Å². The zero-order chi connectivity index (χ0) is 20.8. The molecule has 0 bridgehead atoms. The topological polar surface area (TPSA) is 117 Å². The lowest BCUT2D eigenvalue weighted by atomic mass is 10.2. The molecule has 0 aliphatic rings. The van der Waals surface area contributed by atoms with E-state index < -0.39 is 15.5 Å². The molecule has 0 radical (unpaired) electrons. The number of hydrogen-bond acceptors (Lipinski definition) is 7. The molecule has 0 fully saturated rings. The SMILES string of the molecule is COc1ccc(NCc2ccccc2Oc2ccc([N+](=O)[O-])cc2[N+](=O)[O-])cc1. The Bertz CT molecular complexity index is 1040. The largest absolute Gasteiger partial charge is 0.497 e. The molecule has 0 heterocycles. The highest BCUT2D eigenvalue weighted by Gasteiger charge is 2.21. The first kappa shape index (κ1) is 19.6. The summed E-state index contributed by atoms with van der Waals surface area (Å²) in [6.07, 6.45) is 0. The summed E-state index contributed by atoms with van der Waals surface area (Å²) in [5.41, 5.74) is 0.772. The lowest BCUT2D eigenvalue weighted by molar-refractivity contribution is -0.394. The minimum absolute atomic E-state index is 0.0718. The molecule has 0 aliphatic heterocycles. The molecule has 9 heteroatoms. The quantitative estimate of drug-likeness (QED) is 0.425. The van der Waals surface area contributed by atoms with Crippen LogP contribution in [0.4, 0.5) is 17.1 Å². The van der Waals surface area contributed by atoms with Crippen LogP contribution in [0, 0.1) is 20.2 Å². The maximum Gasteiger partial charge on any atom is 0.318 e. The van der Waals surface area contributed by atoms with Crippen molar-refractivity contribution >= 4 is 17.1 Å². The summed E-state index contributed by atoms with van der Waals surface area (Å²) in [6.45, 7) is 0.406. The number of para-hydroxylation sites is 1. The Morgan fingerprint density at radius 2 is 1.62 bits per heavy atom. The highest BCUT2D eigenvalue weighted by Crippen LogP contribution is 2.35. The number of nitrogens with one attached hydrogen (secondary N) is 1. The number of non-ortho nitro benzene ring substituents is 1. The van der Waals surface area contributed by atoms with Crippen molar-refractivity contribution in [2.24, 2.45) is 0 Å². The van der Waals surface area contributed by atoms with E-state index in [1.807, 2.05) is 36.4 Å². The van der Waals surface area contributed by atoms with Gasteiger partial charge in [-0.1, -0.05) is 18.2 Å². The summed E-state index contributed by atoms with van der Waals surface area (Å²) in [7, 11) is 1.59. The van der Waals surface area contributed by atoms with E-state index in [1.165, 1.54) is 12.1 Å². The summed E-state index contributed by atoms with van der Waals surface area (Å²) < 4.78 is 10.9. The number of anilines is 1. The van der Waals surface area contributed by atoms with Crippen LogP contribution in [0.1, 0.15) is 5.56 Å². The third-order valence-corrected chi connectivity index (χ3v) is 4.12. The second kappa shape index (κ2) is 8.70. The maximum atomic E-state index is 11.3. The molecule has 29 heavy (non-hydrogen) atoms. The Morgan fingerprint density at radius 1 is 0.897 bits per heavy atom. The molecular formula is C20H17N3O6. The van der Waals surface area contributed by atoms with Gasteiger partial charge in [0.1, 0.15) is 11.5 Å². The van der Waals surface area contributed by atoms with Crippen LogP contribution in [0.5, 0.6) is 17.2 Å². The average molecular weight is 395 g/mol. The lowest BCUT2D eigenvalue weighted by Crippen LogP contribution is -2.02. The first-order valence-corrected chi connectivity index (χ1v) is 8.54. The number of rotatable bonds is 8. The standard InChI is InChI=1S/C20H17N3O6/c1-28-17-9-6-15(7-10-17)21-13-14-4-2-3-5-19(14)29-20-11-8-16(22(24)25)12-18(20)23(26)27/h2-12,21H,13H2,1H3. The number of hydrogen-bond donors (Lipinski definition) is 1. The van der Waals surface area contributed by atoms with Crippen molar-refractivity contribution < 1.29 is 19.3 Å². The van der Waals surface area contributed by atoms with Crippen LogP contribution >= 0.6 is 0 Å². The van der Waals surface area contributed by atoms with Gasteiger partial charge in [-0.25, -0.2) is 0 Å². The van der Waals surface area contributed by atoms with Crippen molar-refractivity contribution in [1.82, 2.24) is 0 Å². The van der Waals surface area contributed by atoms with E-state index in [-0.39, 0.29) is 11.4 Å². The van der Waals surface area contributed by atoms with E-state index in [9.17, 15) is 20.2 Å². The van der Waals surface area contributed by atoms with Crippen LogP contribution in [0.2, 0.25) is 0 Å². The molecular weight excluding hydrogens is 378 g/mol. The van der Waals surface area contributed by atoms with E-state index in [0.29, 0.717) is 12.3 Å². The second-order valence-electron chi connectivity index (χ2n) is 5.96. The van der Waals surface area contributed by atoms with Crippen LogP contribution in [0.3, 0.4) is 0 Å². The first-order valence-electron chi connectivity index (χ1n) is 8.54. The van der Waals surface area contributed by atoms with Gasteiger partial charge in [0.05, 0.1) is 23.0 Å². The Hall–Kier alpha value is -4.14. The molecule has 0 saturated carbocycles. The molecule has 9 nitrogen and oxygen atoms in total. The fraction of sp³-hybridized carbons (Fsp3) is 0.100. The minimum atomic E-state index is -0.708. The van der Waals surface area contributed by atoms with Gasteiger partial charge in [0.2, 0.25) is 5.75 Å². The monoisotopic (exact) mass is 395 g/mol. The van der Waals surface area contributed by atoms with Crippen LogP contribution < -0.4 is 14.8 Å². The van der Waals surface area contributed by atoms with Crippen molar-refractivity contribution in [2.45, 2.75) is 6.54 Å². The van der Waals surface area contributed by atoms with Gasteiger partial charge in [-0.15, -0.1) is 0 Å². The first-order chi connectivity index (χ1) is 14.0. The van der Waals surface area contributed by atoms with Crippen molar-refractivity contribution in [3.63, 3.8) is 0 Å². The van der Waals surface area contributed by atoms with Crippen molar-refractivity contribution in [3.8, 4) is 17.2 Å². The molecule has 3 rings (SSSR count). The van der Waals surface area contributed by atoms with E-state index in [4.69, 9.17) is 9.47 Å². The van der Waals surface area contributed by atoms with Gasteiger partial charge in [0.25, 0.3) is 5.69 Å². The minimum Gasteiger partial charge on any atom is -0.497 e. The molecule has 148 valence electrons. The van der Waals surface area contributed by atoms with Crippen molar-refractivity contribution in [1.29, 1.82) is 0 Å². The number of nitro benzene ring substituents is 2. The van der Waals surface area contributed by atoms with Gasteiger partial charge >= 0.3 is 5.69 Å². The number of nitro groups is 2. The fourth-order valence-corrected chi connectivity index (χ4v) is 2.62. The smallest absolute Gasteiger partial charge is 0.318 e. The second-order valence-corrected chi connectivity index (χ2v) is 5.96. The van der Waals surface area contributed by atoms with E-state index in [1.54, 1.807) is 19.2 Å². The summed E-state index contributed by atoms with van der Waals surface area (Å²) in [5.74, 6) is 1.08. The molecule has 0 unspecified atom stereocenters. The third kappa shape index (κ3) is 4.78. The van der Waals surface area contributed by atoms with Crippen LogP contribution in [-0.2, 0) is 6.54 Å². The van der Waals surface area contributed by atoms with Crippen LogP contribution in [0.15, 0.2) is 66.7 Å². The molecule has 0 amide bonds. The van der Waals surface area contributed by atoms with Crippen molar-refractivity contribution in [3.05, 3.63) is 92.5 Å². The predicted molar refractivity (Wildman–Crippen MR) is 107 cm³/mol. The molecule has 3 aromatic carbocycles. The summed E-state index contributed by atoms with van der Waals surface area (Å²) in [6, 6.07) is 17.7. The summed E-state index contributed by atoms with van der Waals surface area (Å²) >= 11 is 0. The Morgan fingerprint density at radius 3 is 2.28 bits per heavy atom. The number of benzene rings is 3. The molecule has 0 atom stereocenters. The van der Waals surface area contributed by atoms with Gasteiger partial charge < -0.3 is 14.8 Å². The lowest BCUT2D eigenvalue weighted by Gasteiger charge is -2.13. The molecule has 0 spiro atoms. The zero-order valence-corrected chi connectivity index (χ0v) is 15.4. The Balaban J connectivity index is 1.82. The molecule has 1 N–H and O–H groups in total. The van der Waals surface area contributed by atoms with Gasteiger partial charge in [-0.3, -0.25) is 20.2 Å². The highest BCUT2D eigenvalue weighted by atomic mass is 16.6. The number of ether oxygens (including phenoxy) is 2. The Labute approximate surface area is 165 Å². The number of nitrogens with zero attached hydrogens (tertiary/aromatic N) is 2. The van der Waals surface area contributed by atoms with Gasteiger partial charge in [0.15, 0.2) is 0 Å². The van der Waals surface area contributed by atoms with Gasteiger partial charge in [0, 0.05) is 23.9 Å². The Kier molecular flexibility index (Phi) is 5.88. The maximum absolute atomic E-state index is 11.3. The predicted octanol–water partition coefficient (Wildman–Crippen LogP) is 4.92. The fourth-order valence-electron chi connectivity index (χ4n) is 2.62. The molecule has 3 aromatic rings. The van der Waals surface area contributed by atoms with E-state index in [2.05, 4.69) is 5.32 Å². The van der Waals surface area contributed by atoms with E-state index >= 15 is 0 Å². The molecule has 0 saturated heterocycles. The molecule has 0 aliphatic carbocycles. The highest BCUT2D eigenvalue weighted by molar-refractivity contribution is 5.55. The van der Waals surface area contributed by atoms with Crippen molar-refractivity contribution in [2.75, 3.05) is 12.4 Å². The van der Waals surface area contributed by atoms with Gasteiger partial charge in [-0.2, -0.15) is 0 Å². The van der Waals surface area contributed by atoms with Gasteiger partial charge in [-0.05, 0) is 36.4 Å². The molecule has 0 aromatic heterocycles. The normalized spacial score (nSPS) is 10.2. The summed E-state index contributed by atoms with van der Waals surface area (Å²) in [5, 5.41) is 25.4. The zero-order valence-electron chi connectivity index (χ0n) is 15.4. The summed E-state index contributed by atoms with van der Waals surface area (Å²) in [4.78, 5) is 20.8. The number of methoxy groups -OCH3 is 1. The van der Waals surface area contributed by atoms with Crippen LogP contribution in [-0.4, -0.2) is 17.0 Å². The van der Waals surface area contributed by atoms with Crippen LogP contribution in [0.25, 0.3) is 0 Å². The third-order valence-electron chi connectivity index (χ3n) is 4.12. The average Bonchev–Trinajstić information content (AvgIpc) is 2.73.